The lowest BCUT2D eigenvalue weighted by atomic mass is 10.2. The maximum absolute atomic E-state index is 12.1. The number of halogens is 1. The maximum Gasteiger partial charge on any atom is 0.262 e. The lowest BCUT2D eigenvalue weighted by Gasteiger charge is -2.09. The van der Waals surface area contributed by atoms with Gasteiger partial charge in [-0.2, -0.15) is 0 Å². The second-order valence-electron chi connectivity index (χ2n) is 4.07. The maximum atomic E-state index is 12.1. The summed E-state index contributed by atoms with van der Waals surface area (Å²) < 4.78 is 27.5. The van der Waals surface area contributed by atoms with Crippen LogP contribution >= 0.6 is 15.9 Å². The highest BCUT2D eigenvalue weighted by atomic mass is 79.9. The summed E-state index contributed by atoms with van der Waals surface area (Å²) in [7, 11) is -3.70. The van der Waals surface area contributed by atoms with Crippen LogP contribution in [0.4, 0.5) is 5.69 Å². The monoisotopic (exact) mass is 341 g/mol. The van der Waals surface area contributed by atoms with Crippen LogP contribution in [0.1, 0.15) is 5.56 Å². The molecule has 6 heteroatoms. The van der Waals surface area contributed by atoms with Crippen LogP contribution in [-0.2, 0) is 10.0 Å². The minimum absolute atomic E-state index is 0.0178. The van der Waals surface area contributed by atoms with Crippen molar-refractivity contribution in [3.63, 3.8) is 0 Å². The molecule has 0 aliphatic heterocycles. The van der Waals surface area contributed by atoms with Crippen molar-refractivity contribution < 1.29 is 13.5 Å². The minimum Gasteiger partial charge on any atom is -0.508 e. The Hall–Kier alpha value is -1.53. The fraction of sp³-hybridized carbons (Fsp3) is 0.0769. The number of phenolic OH excluding ortho intramolecular Hbond substituents is 1. The second kappa shape index (κ2) is 5.22. The molecule has 0 aliphatic rings. The zero-order valence-corrected chi connectivity index (χ0v) is 12.5. The molecule has 0 aliphatic carbocycles. The molecule has 0 amide bonds. The molecule has 0 fully saturated rings. The molecule has 0 saturated carbocycles. The number of aromatic hydroxyl groups is 1. The highest BCUT2D eigenvalue weighted by molar-refractivity contribution is 9.10. The number of anilines is 1. The van der Waals surface area contributed by atoms with Crippen molar-refractivity contribution in [2.75, 3.05) is 4.72 Å². The van der Waals surface area contributed by atoms with Gasteiger partial charge in [0.15, 0.2) is 0 Å². The van der Waals surface area contributed by atoms with E-state index in [1.807, 2.05) is 13.0 Å². The smallest absolute Gasteiger partial charge is 0.262 e. The van der Waals surface area contributed by atoms with Crippen LogP contribution in [0.15, 0.2) is 51.8 Å². The van der Waals surface area contributed by atoms with E-state index in [1.54, 1.807) is 12.1 Å². The normalized spacial score (nSPS) is 11.3. The quantitative estimate of drug-likeness (QED) is 0.900. The zero-order chi connectivity index (χ0) is 14.0. The van der Waals surface area contributed by atoms with Gasteiger partial charge >= 0.3 is 0 Å². The Bertz CT molecular complexity index is 714. The molecule has 0 atom stereocenters. The van der Waals surface area contributed by atoms with Gasteiger partial charge in [-0.1, -0.05) is 28.1 Å². The van der Waals surface area contributed by atoms with Crippen molar-refractivity contribution in [3.05, 3.63) is 52.5 Å². The van der Waals surface area contributed by atoms with Gasteiger partial charge in [-0.05, 0) is 36.8 Å². The fourth-order valence-electron chi connectivity index (χ4n) is 1.52. The fourth-order valence-corrected chi connectivity index (χ4v) is 2.99. The molecule has 100 valence electrons. The van der Waals surface area contributed by atoms with Crippen molar-refractivity contribution in [2.24, 2.45) is 0 Å². The summed E-state index contributed by atoms with van der Waals surface area (Å²) in [5.41, 5.74) is 1.47. The molecule has 2 rings (SSSR count). The van der Waals surface area contributed by atoms with Crippen molar-refractivity contribution >= 4 is 31.6 Å². The second-order valence-corrected chi connectivity index (χ2v) is 6.60. The standard InChI is InChI=1S/C13H12BrNO3S/c1-9-5-6-10(7-13(9)14)15-19(17,18)12-4-2-3-11(16)8-12/h2-8,15-16H,1H3. The third kappa shape index (κ3) is 3.27. The average Bonchev–Trinajstić information content (AvgIpc) is 2.33. The Morgan fingerprint density at radius 3 is 2.53 bits per heavy atom. The van der Waals surface area contributed by atoms with Gasteiger partial charge < -0.3 is 5.11 Å². The Balaban J connectivity index is 2.33. The van der Waals surface area contributed by atoms with Crippen molar-refractivity contribution in [1.82, 2.24) is 0 Å². The van der Waals surface area contributed by atoms with Gasteiger partial charge in [0.1, 0.15) is 5.75 Å². The molecule has 2 aromatic carbocycles. The molecule has 19 heavy (non-hydrogen) atoms. The SMILES string of the molecule is Cc1ccc(NS(=O)(=O)c2cccc(O)c2)cc1Br. The summed E-state index contributed by atoms with van der Waals surface area (Å²) in [4.78, 5) is 0.0178. The molecule has 0 aromatic heterocycles. The Labute approximate surface area is 120 Å². The van der Waals surface area contributed by atoms with E-state index < -0.39 is 10.0 Å². The molecular formula is C13H12BrNO3S. The van der Waals surface area contributed by atoms with Crippen LogP contribution in [-0.4, -0.2) is 13.5 Å². The summed E-state index contributed by atoms with van der Waals surface area (Å²) in [6, 6.07) is 10.7. The Morgan fingerprint density at radius 1 is 1.16 bits per heavy atom. The first-order valence-electron chi connectivity index (χ1n) is 5.46. The summed E-state index contributed by atoms with van der Waals surface area (Å²) in [6.07, 6.45) is 0. The summed E-state index contributed by atoms with van der Waals surface area (Å²) in [5, 5.41) is 9.32. The Morgan fingerprint density at radius 2 is 1.89 bits per heavy atom. The van der Waals surface area contributed by atoms with E-state index in [0.717, 1.165) is 10.0 Å². The molecule has 2 aromatic rings. The number of rotatable bonds is 3. The van der Waals surface area contributed by atoms with Crippen LogP contribution in [0.3, 0.4) is 0 Å². The number of nitrogens with one attached hydrogen (secondary N) is 1. The van der Waals surface area contributed by atoms with Crippen molar-refractivity contribution in [1.29, 1.82) is 0 Å². The molecule has 4 nitrogen and oxygen atoms in total. The Kier molecular flexibility index (Phi) is 3.82. The first-order valence-corrected chi connectivity index (χ1v) is 7.74. The van der Waals surface area contributed by atoms with E-state index in [-0.39, 0.29) is 10.6 Å². The van der Waals surface area contributed by atoms with E-state index in [0.29, 0.717) is 5.69 Å². The largest absolute Gasteiger partial charge is 0.508 e. The van der Waals surface area contributed by atoms with Gasteiger partial charge in [0.25, 0.3) is 10.0 Å². The summed E-state index contributed by atoms with van der Waals surface area (Å²) in [6.45, 7) is 1.91. The predicted molar refractivity (Wildman–Crippen MR) is 77.8 cm³/mol. The van der Waals surface area contributed by atoms with Gasteiger partial charge in [0.2, 0.25) is 0 Å². The van der Waals surface area contributed by atoms with Crippen LogP contribution in [0, 0.1) is 6.92 Å². The number of aryl methyl sites for hydroxylation is 1. The number of hydrogen-bond acceptors (Lipinski definition) is 3. The number of phenols is 1. The lowest BCUT2D eigenvalue weighted by molar-refractivity contribution is 0.473. The number of benzene rings is 2. The molecule has 0 radical (unpaired) electrons. The predicted octanol–water partition coefficient (Wildman–Crippen LogP) is 3.26. The van der Waals surface area contributed by atoms with E-state index in [1.165, 1.54) is 24.3 Å². The van der Waals surface area contributed by atoms with E-state index in [2.05, 4.69) is 20.7 Å². The third-order valence-electron chi connectivity index (χ3n) is 2.55. The highest BCUT2D eigenvalue weighted by Gasteiger charge is 2.14. The molecule has 0 unspecified atom stereocenters. The number of hydrogen-bond donors (Lipinski definition) is 2. The van der Waals surface area contributed by atoms with E-state index >= 15 is 0 Å². The summed E-state index contributed by atoms with van der Waals surface area (Å²) >= 11 is 3.35. The van der Waals surface area contributed by atoms with Crippen LogP contribution in [0.25, 0.3) is 0 Å². The number of sulfonamides is 1. The van der Waals surface area contributed by atoms with Gasteiger partial charge in [0, 0.05) is 16.2 Å². The average molecular weight is 342 g/mol. The first kappa shape index (κ1) is 13.9. The molecule has 0 bridgehead atoms. The molecule has 0 spiro atoms. The molecule has 2 N–H and O–H groups in total. The lowest BCUT2D eigenvalue weighted by Crippen LogP contribution is -2.12. The molecule has 0 saturated heterocycles. The van der Waals surface area contributed by atoms with Gasteiger partial charge in [0.05, 0.1) is 4.90 Å². The van der Waals surface area contributed by atoms with Gasteiger partial charge in [-0.3, -0.25) is 4.72 Å². The van der Waals surface area contributed by atoms with Crippen molar-refractivity contribution in [3.8, 4) is 5.75 Å². The molecule has 0 heterocycles. The highest BCUT2D eigenvalue weighted by Crippen LogP contribution is 2.24. The van der Waals surface area contributed by atoms with E-state index in [4.69, 9.17) is 0 Å². The minimum atomic E-state index is -3.70. The van der Waals surface area contributed by atoms with Gasteiger partial charge in [-0.15, -0.1) is 0 Å². The third-order valence-corrected chi connectivity index (χ3v) is 4.79. The first-order chi connectivity index (χ1) is 8.88. The summed E-state index contributed by atoms with van der Waals surface area (Å²) in [5.74, 6) is -0.0899. The van der Waals surface area contributed by atoms with Gasteiger partial charge in [-0.25, -0.2) is 8.42 Å². The van der Waals surface area contributed by atoms with Crippen LogP contribution < -0.4 is 4.72 Å². The topological polar surface area (TPSA) is 66.4 Å². The van der Waals surface area contributed by atoms with Crippen molar-refractivity contribution in [2.45, 2.75) is 11.8 Å². The van der Waals surface area contributed by atoms with Crippen LogP contribution in [0.2, 0.25) is 0 Å². The van der Waals surface area contributed by atoms with E-state index in [9.17, 15) is 13.5 Å². The molecular weight excluding hydrogens is 330 g/mol. The van der Waals surface area contributed by atoms with Crippen LogP contribution in [0.5, 0.6) is 5.75 Å². The zero-order valence-electron chi connectivity index (χ0n) is 10.1.